The van der Waals surface area contributed by atoms with Gasteiger partial charge in [-0.2, -0.15) is 0 Å². The maximum atomic E-state index is 10.1. The lowest BCUT2D eigenvalue weighted by Gasteiger charge is -2.31. The summed E-state index contributed by atoms with van der Waals surface area (Å²) < 4.78 is 11.9. The lowest BCUT2D eigenvalue weighted by molar-refractivity contribution is 0.157. The molecule has 2 N–H and O–H groups in total. The third kappa shape index (κ3) is 2.58. The van der Waals surface area contributed by atoms with Gasteiger partial charge in [-0.25, -0.2) is 0 Å². The Morgan fingerprint density at radius 1 is 1.08 bits per heavy atom. The highest BCUT2D eigenvalue weighted by atomic mass is 16.5. The Hall–Kier alpha value is -2.62. The fraction of sp³-hybridized carbons (Fsp3) is 0.300. The third-order valence-electron chi connectivity index (χ3n) is 4.59. The largest absolute Gasteiger partial charge is 0.508 e. The van der Waals surface area contributed by atoms with Gasteiger partial charge < -0.3 is 19.7 Å². The molecule has 2 aliphatic heterocycles. The normalized spacial score (nSPS) is 20.5. The molecule has 4 heteroatoms. The summed E-state index contributed by atoms with van der Waals surface area (Å²) in [4.78, 5) is 0. The summed E-state index contributed by atoms with van der Waals surface area (Å²) in [5, 5.41) is 19.6. The van der Waals surface area contributed by atoms with Gasteiger partial charge >= 0.3 is 0 Å². The van der Waals surface area contributed by atoms with E-state index in [4.69, 9.17) is 9.47 Å². The summed E-state index contributed by atoms with van der Waals surface area (Å²) in [5.41, 5.74) is 2.64. The molecule has 124 valence electrons. The average Bonchev–Trinajstić information content (AvgIpc) is 2.52. The number of phenolic OH excluding ortho intramolecular Hbond substituents is 2. The van der Waals surface area contributed by atoms with Gasteiger partial charge in [-0.3, -0.25) is 0 Å². The van der Waals surface area contributed by atoms with E-state index in [9.17, 15) is 10.2 Å². The number of hydrogen-bond acceptors (Lipinski definition) is 4. The van der Waals surface area contributed by atoms with Gasteiger partial charge in [0.2, 0.25) is 0 Å². The molecule has 0 amide bonds. The smallest absolute Gasteiger partial charge is 0.131 e. The number of aromatic hydroxyl groups is 2. The number of rotatable bonds is 1. The maximum absolute atomic E-state index is 10.1. The van der Waals surface area contributed by atoms with Crippen LogP contribution in [0.15, 0.2) is 36.4 Å². The van der Waals surface area contributed by atoms with Gasteiger partial charge in [0, 0.05) is 29.2 Å². The molecule has 2 heterocycles. The molecule has 0 radical (unpaired) electrons. The Balaban J connectivity index is 1.66. The van der Waals surface area contributed by atoms with E-state index in [0.29, 0.717) is 6.61 Å². The van der Waals surface area contributed by atoms with Crippen molar-refractivity contribution in [3.63, 3.8) is 0 Å². The number of phenols is 2. The summed E-state index contributed by atoms with van der Waals surface area (Å²) >= 11 is 0. The lowest BCUT2D eigenvalue weighted by atomic mass is 9.88. The van der Waals surface area contributed by atoms with Crippen molar-refractivity contribution in [3.8, 4) is 23.0 Å². The molecule has 0 aromatic heterocycles. The molecule has 2 aromatic carbocycles. The minimum Gasteiger partial charge on any atom is -0.508 e. The van der Waals surface area contributed by atoms with Crippen molar-refractivity contribution >= 4 is 6.08 Å². The van der Waals surface area contributed by atoms with Gasteiger partial charge in [-0.05, 0) is 44.0 Å². The van der Waals surface area contributed by atoms with Crippen LogP contribution < -0.4 is 9.47 Å². The van der Waals surface area contributed by atoms with Crippen LogP contribution in [-0.2, 0) is 6.42 Å². The van der Waals surface area contributed by atoms with Crippen LogP contribution in [0, 0.1) is 0 Å². The van der Waals surface area contributed by atoms with E-state index in [1.807, 2.05) is 19.9 Å². The fourth-order valence-corrected chi connectivity index (χ4v) is 3.34. The predicted octanol–water partition coefficient (Wildman–Crippen LogP) is 4.00. The average molecular weight is 324 g/mol. The zero-order valence-electron chi connectivity index (χ0n) is 13.7. The van der Waals surface area contributed by atoms with Crippen molar-refractivity contribution in [1.82, 2.24) is 0 Å². The molecule has 0 saturated carbocycles. The van der Waals surface area contributed by atoms with Crippen LogP contribution in [0.3, 0.4) is 0 Å². The summed E-state index contributed by atoms with van der Waals surface area (Å²) in [5.74, 6) is 1.91. The molecule has 0 saturated heterocycles. The first-order valence-electron chi connectivity index (χ1n) is 8.11. The first-order chi connectivity index (χ1) is 11.4. The molecule has 0 fully saturated rings. The summed E-state index contributed by atoms with van der Waals surface area (Å²) in [6.45, 7) is 4.54. The number of hydrogen-bond donors (Lipinski definition) is 2. The van der Waals surface area contributed by atoms with Crippen molar-refractivity contribution < 1.29 is 19.7 Å². The van der Waals surface area contributed by atoms with Crippen LogP contribution in [0.25, 0.3) is 6.08 Å². The monoisotopic (exact) mass is 324 g/mol. The van der Waals surface area contributed by atoms with Gasteiger partial charge in [-0.1, -0.05) is 12.1 Å². The van der Waals surface area contributed by atoms with E-state index in [0.717, 1.165) is 34.6 Å². The van der Waals surface area contributed by atoms with E-state index < -0.39 is 0 Å². The van der Waals surface area contributed by atoms with Gasteiger partial charge in [0.15, 0.2) is 0 Å². The topological polar surface area (TPSA) is 58.9 Å². The van der Waals surface area contributed by atoms with Crippen molar-refractivity contribution in [1.29, 1.82) is 0 Å². The molecule has 24 heavy (non-hydrogen) atoms. The first-order valence-corrected chi connectivity index (χ1v) is 8.11. The predicted molar refractivity (Wildman–Crippen MR) is 91.9 cm³/mol. The van der Waals surface area contributed by atoms with Gasteiger partial charge in [-0.15, -0.1) is 0 Å². The van der Waals surface area contributed by atoms with E-state index in [1.165, 1.54) is 6.07 Å². The standard InChI is InChI=1S/C20H20O4/c1-20(2)6-5-12-7-13-8-14(11-23-18(13)10-19(12)24-20)16-4-3-15(21)9-17(16)22/h3-7,9-10,14,21-22H,8,11H2,1-2H3. The quantitative estimate of drug-likeness (QED) is 0.832. The molecule has 2 aliphatic rings. The summed E-state index contributed by atoms with van der Waals surface area (Å²) in [6.07, 6.45) is 4.91. The highest BCUT2D eigenvalue weighted by Crippen LogP contribution is 2.42. The summed E-state index contributed by atoms with van der Waals surface area (Å²) in [6, 6.07) is 8.78. The van der Waals surface area contributed by atoms with Crippen LogP contribution in [0.4, 0.5) is 0 Å². The molecule has 1 unspecified atom stereocenters. The number of ether oxygens (including phenoxy) is 2. The first kappa shape index (κ1) is 14.9. The second-order valence-corrected chi connectivity index (χ2v) is 6.99. The zero-order chi connectivity index (χ0) is 16.9. The molecule has 0 spiro atoms. The molecule has 2 aromatic rings. The van der Waals surface area contributed by atoms with Crippen LogP contribution >= 0.6 is 0 Å². The van der Waals surface area contributed by atoms with Crippen molar-refractivity contribution in [2.75, 3.05) is 6.61 Å². The number of fused-ring (bicyclic) bond motifs is 2. The van der Waals surface area contributed by atoms with Crippen LogP contribution in [0.2, 0.25) is 0 Å². The van der Waals surface area contributed by atoms with Crippen molar-refractivity contribution in [2.45, 2.75) is 31.8 Å². The van der Waals surface area contributed by atoms with Gasteiger partial charge in [0.1, 0.15) is 28.6 Å². The van der Waals surface area contributed by atoms with E-state index in [2.05, 4.69) is 18.2 Å². The highest BCUT2D eigenvalue weighted by molar-refractivity contribution is 5.65. The van der Waals surface area contributed by atoms with Crippen molar-refractivity contribution in [3.05, 3.63) is 53.1 Å². The Labute approximate surface area is 141 Å². The molecular weight excluding hydrogens is 304 g/mol. The molecule has 4 rings (SSSR count). The van der Waals surface area contributed by atoms with Gasteiger partial charge in [0.05, 0.1) is 6.61 Å². The van der Waals surface area contributed by atoms with E-state index >= 15 is 0 Å². The van der Waals surface area contributed by atoms with Crippen LogP contribution in [-0.4, -0.2) is 22.4 Å². The maximum Gasteiger partial charge on any atom is 0.131 e. The van der Waals surface area contributed by atoms with Crippen molar-refractivity contribution in [2.24, 2.45) is 0 Å². The second kappa shape index (κ2) is 5.20. The Kier molecular flexibility index (Phi) is 3.23. The Bertz CT molecular complexity index is 836. The Morgan fingerprint density at radius 2 is 1.92 bits per heavy atom. The van der Waals surface area contributed by atoms with Crippen LogP contribution in [0.1, 0.15) is 36.5 Å². The summed E-state index contributed by atoms with van der Waals surface area (Å²) in [7, 11) is 0. The molecule has 0 bridgehead atoms. The van der Waals surface area contributed by atoms with Crippen LogP contribution in [0.5, 0.6) is 23.0 Å². The zero-order valence-corrected chi connectivity index (χ0v) is 13.7. The lowest BCUT2D eigenvalue weighted by Crippen LogP contribution is -2.28. The minimum atomic E-state index is -0.309. The highest BCUT2D eigenvalue weighted by Gasteiger charge is 2.28. The van der Waals surface area contributed by atoms with Gasteiger partial charge in [0.25, 0.3) is 0 Å². The SMILES string of the molecule is CC1(C)C=Cc2cc3c(cc2O1)OCC(c1ccc(O)cc1O)C3. The molecule has 4 nitrogen and oxygen atoms in total. The second-order valence-electron chi connectivity index (χ2n) is 6.99. The number of benzene rings is 2. The van der Waals surface area contributed by atoms with E-state index in [-0.39, 0.29) is 23.0 Å². The third-order valence-corrected chi connectivity index (χ3v) is 4.59. The van der Waals surface area contributed by atoms with E-state index in [1.54, 1.807) is 12.1 Å². The molecule has 1 atom stereocenters. The Morgan fingerprint density at radius 3 is 2.71 bits per heavy atom. The minimum absolute atomic E-state index is 0.0566. The molecule has 0 aliphatic carbocycles. The molecular formula is C20H20O4. The fourth-order valence-electron chi connectivity index (χ4n) is 3.34.